The summed E-state index contributed by atoms with van der Waals surface area (Å²) in [5.74, 6) is -0.504. The number of carbonyl (C=O) groups is 1. The summed E-state index contributed by atoms with van der Waals surface area (Å²) in [5.41, 5.74) is 1.42. The molecule has 18 heavy (non-hydrogen) atoms. The van der Waals surface area contributed by atoms with Crippen LogP contribution in [0, 0.1) is 17.2 Å². The molecule has 4 nitrogen and oxygen atoms in total. The van der Waals surface area contributed by atoms with Crippen LogP contribution < -0.4 is 4.90 Å². The minimum atomic E-state index is -0.258. The first kappa shape index (κ1) is 14.0. The smallest absolute Gasteiger partial charge is 0.310 e. The minimum absolute atomic E-state index is 0.0491. The van der Waals surface area contributed by atoms with Crippen molar-refractivity contribution in [3.8, 4) is 6.07 Å². The van der Waals surface area contributed by atoms with E-state index in [0.29, 0.717) is 5.56 Å². The van der Waals surface area contributed by atoms with Gasteiger partial charge in [0.2, 0.25) is 0 Å². The number of nitriles is 1. The van der Waals surface area contributed by atoms with E-state index in [4.69, 9.17) is 10.00 Å². The fourth-order valence-electron chi connectivity index (χ4n) is 1.81. The Morgan fingerprint density at radius 3 is 2.56 bits per heavy atom. The number of hydrogen-bond acceptors (Lipinski definition) is 4. The molecule has 0 heterocycles. The van der Waals surface area contributed by atoms with Gasteiger partial charge < -0.3 is 9.64 Å². The Hall–Kier alpha value is -2.02. The molecule has 0 aliphatic carbocycles. The number of para-hydroxylation sites is 1. The van der Waals surface area contributed by atoms with Gasteiger partial charge in [0.1, 0.15) is 6.07 Å². The molecular weight excluding hydrogens is 228 g/mol. The lowest BCUT2D eigenvalue weighted by Gasteiger charge is -2.30. The number of hydrogen-bond donors (Lipinski definition) is 0. The molecule has 96 valence electrons. The van der Waals surface area contributed by atoms with Gasteiger partial charge in [0.05, 0.1) is 24.3 Å². The highest BCUT2D eigenvalue weighted by Crippen LogP contribution is 2.23. The van der Waals surface area contributed by atoms with E-state index in [1.54, 1.807) is 6.07 Å². The summed E-state index contributed by atoms with van der Waals surface area (Å²) >= 11 is 0. The van der Waals surface area contributed by atoms with Gasteiger partial charge in [-0.15, -0.1) is 0 Å². The van der Waals surface area contributed by atoms with Crippen molar-refractivity contribution < 1.29 is 9.53 Å². The van der Waals surface area contributed by atoms with Gasteiger partial charge in [-0.05, 0) is 26.0 Å². The quantitative estimate of drug-likeness (QED) is 0.764. The number of anilines is 1. The highest BCUT2D eigenvalue weighted by atomic mass is 16.5. The molecule has 2 atom stereocenters. The average Bonchev–Trinajstić information content (AvgIpc) is 2.43. The summed E-state index contributed by atoms with van der Waals surface area (Å²) in [6.45, 7) is 3.76. The monoisotopic (exact) mass is 246 g/mol. The Labute approximate surface area is 108 Å². The van der Waals surface area contributed by atoms with E-state index < -0.39 is 0 Å². The second-order valence-electron chi connectivity index (χ2n) is 4.29. The van der Waals surface area contributed by atoms with Crippen LogP contribution in [0.3, 0.4) is 0 Å². The van der Waals surface area contributed by atoms with Crippen LogP contribution in [0.5, 0.6) is 0 Å². The summed E-state index contributed by atoms with van der Waals surface area (Å²) in [4.78, 5) is 13.5. The van der Waals surface area contributed by atoms with E-state index in [1.807, 2.05) is 44.0 Å². The van der Waals surface area contributed by atoms with E-state index >= 15 is 0 Å². The normalized spacial score (nSPS) is 13.3. The van der Waals surface area contributed by atoms with Crippen molar-refractivity contribution in [3.63, 3.8) is 0 Å². The van der Waals surface area contributed by atoms with Crippen LogP contribution >= 0.6 is 0 Å². The molecule has 0 amide bonds. The molecule has 1 rings (SSSR count). The van der Waals surface area contributed by atoms with Crippen molar-refractivity contribution in [2.45, 2.75) is 19.9 Å². The van der Waals surface area contributed by atoms with Gasteiger partial charge in [0.15, 0.2) is 0 Å². The molecule has 4 heteroatoms. The lowest BCUT2D eigenvalue weighted by atomic mass is 10.0. The number of carbonyl (C=O) groups excluding carboxylic acids is 1. The predicted molar refractivity (Wildman–Crippen MR) is 70.2 cm³/mol. The van der Waals surface area contributed by atoms with Crippen LogP contribution in [0.1, 0.15) is 19.4 Å². The van der Waals surface area contributed by atoms with Crippen molar-refractivity contribution in [2.75, 3.05) is 19.1 Å². The zero-order valence-electron chi connectivity index (χ0n) is 11.2. The minimum Gasteiger partial charge on any atom is -0.469 e. The zero-order chi connectivity index (χ0) is 13.7. The van der Waals surface area contributed by atoms with Crippen molar-refractivity contribution >= 4 is 11.7 Å². The first-order valence-corrected chi connectivity index (χ1v) is 5.82. The third-order valence-corrected chi connectivity index (χ3v) is 3.31. The van der Waals surface area contributed by atoms with Crippen LogP contribution in [0.15, 0.2) is 24.3 Å². The summed E-state index contributed by atoms with van der Waals surface area (Å²) in [6, 6.07) is 9.45. The second kappa shape index (κ2) is 6.06. The van der Waals surface area contributed by atoms with Gasteiger partial charge in [0.25, 0.3) is 0 Å². The molecule has 1 aromatic carbocycles. The van der Waals surface area contributed by atoms with Crippen molar-refractivity contribution in [1.82, 2.24) is 0 Å². The third kappa shape index (κ3) is 2.80. The Bertz CT molecular complexity index is 465. The maximum Gasteiger partial charge on any atom is 0.310 e. The van der Waals surface area contributed by atoms with Crippen LogP contribution in [0.25, 0.3) is 0 Å². The average molecular weight is 246 g/mol. The van der Waals surface area contributed by atoms with E-state index in [-0.39, 0.29) is 17.9 Å². The molecule has 0 saturated carbocycles. The fourth-order valence-corrected chi connectivity index (χ4v) is 1.81. The largest absolute Gasteiger partial charge is 0.469 e. The summed E-state index contributed by atoms with van der Waals surface area (Å²) in [6.07, 6.45) is 0. The van der Waals surface area contributed by atoms with Crippen LogP contribution in [0.4, 0.5) is 5.69 Å². The standard InChI is InChI=1S/C14H18N2O2/c1-10(14(17)18-4)11(2)16(3)13-8-6-5-7-12(13)9-15/h5-8,10-11H,1-4H3. The Kier molecular flexibility index (Phi) is 4.73. The van der Waals surface area contributed by atoms with Gasteiger partial charge in [-0.25, -0.2) is 0 Å². The first-order chi connectivity index (χ1) is 8.52. The topological polar surface area (TPSA) is 53.3 Å². The van der Waals surface area contributed by atoms with Crippen LogP contribution in [0.2, 0.25) is 0 Å². The molecule has 0 saturated heterocycles. The molecule has 0 bridgehead atoms. The summed E-state index contributed by atoms with van der Waals surface area (Å²) in [5, 5.41) is 9.07. The van der Waals surface area contributed by atoms with Gasteiger partial charge in [-0.3, -0.25) is 4.79 Å². The van der Waals surface area contributed by atoms with E-state index in [0.717, 1.165) is 5.69 Å². The molecule has 0 radical (unpaired) electrons. The molecule has 0 spiro atoms. The number of esters is 1. The van der Waals surface area contributed by atoms with Gasteiger partial charge in [0, 0.05) is 13.1 Å². The van der Waals surface area contributed by atoms with Crippen LogP contribution in [-0.4, -0.2) is 26.2 Å². The third-order valence-electron chi connectivity index (χ3n) is 3.31. The molecule has 0 aliphatic rings. The summed E-state index contributed by atoms with van der Waals surface area (Å²) in [7, 11) is 3.26. The van der Waals surface area contributed by atoms with E-state index in [1.165, 1.54) is 7.11 Å². The molecule has 2 unspecified atom stereocenters. The van der Waals surface area contributed by atoms with Gasteiger partial charge in [-0.1, -0.05) is 12.1 Å². The zero-order valence-corrected chi connectivity index (χ0v) is 11.2. The first-order valence-electron chi connectivity index (χ1n) is 5.82. The lowest BCUT2D eigenvalue weighted by Crippen LogP contribution is -2.38. The molecule has 0 fully saturated rings. The number of rotatable bonds is 4. The molecule has 1 aromatic rings. The maximum atomic E-state index is 11.5. The Morgan fingerprint density at radius 2 is 2.00 bits per heavy atom. The second-order valence-corrected chi connectivity index (χ2v) is 4.29. The Balaban J connectivity index is 2.97. The van der Waals surface area contributed by atoms with Crippen LogP contribution in [-0.2, 0) is 9.53 Å². The number of methoxy groups -OCH3 is 1. The predicted octanol–water partition coefficient (Wildman–Crippen LogP) is 2.19. The van der Waals surface area contributed by atoms with E-state index in [9.17, 15) is 4.79 Å². The van der Waals surface area contributed by atoms with Gasteiger partial charge >= 0.3 is 5.97 Å². The molecule has 0 N–H and O–H groups in total. The number of benzene rings is 1. The lowest BCUT2D eigenvalue weighted by molar-refractivity contribution is -0.145. The fraction of sp³-hybridized carbons (Fsp3) is 0.429. The molecular formula is C14H18N2O2. The number of ether oxygens (including phenoxy) is 1. The van der Waals surface area contributed by atoms with Crippen molar-refractivity contribution in [1.29, 1.82) is 5.26 Å². The molecule has 0 aromatic heterocycles. The van der Waals surface area contributed by atoms with Crippen molar-refractivity contribution in [2.24, 2.45) is 5.92 Å². The van der Waals surface area contributed by atoms with E-state index in [2.05, 4.69) is 6.07 Å². The maximum absolute atomic E-state index is 11.5. The highest BCUT2D eigenvalue weighted by Gasteiger charge is 2.25. The van der Waals surface area contributed by atoms with Crippen molar-refractivity contribution in [3.05, 3.63) is 29.8 Å². The summed E-state index contributed by atoms with van der Waals surface area (Å²) < 4.78 is 4.75. The highest BCUT2D eigenvalue weighted by molar-refractivity contribution is 5.73. The van der Waals surface area contributed by atoms with Gasteiger partial charge in [-0.2, -0.15) is 5.26 Å². The molecule has 0 aliphatic heterocycles. The SMILES string of the molecule is COC(=O)C(C)C(C)N(C)c1ccccc1C#N. The Morgan fingerprint density at radius 1 is 1.39 bits per heavy atom. The number of nitrogens with zero attached hydrogens (tertiary/aromatic N) is 2.